The number of ether oxygens (including phenoxy) is 2. The lowest BCUT2D eigenvalue weighted by molar-refractivity contribution is 0.355. The van der Waals surface area contributed by atoms with Crippen molar-refractivity contribution in [3.8, 4) is 34.3 Å². The zero-order valence-corrected chi connectivity index (χ0v) is 16.1. The lowest BCUT2D eigenvalue weighted by atomic mass is 10.2. The highest BCUT2D eigenvalue weighted by atomic mass is 16.5. The molecule has 29 heavy (non-hydrogen) atoms. The molecule has 4 aromatic rings. The van der Waals surface area contributed by atoms with Crippen LogP contribution in [0.5, 0.6) is 11.5 Å². The van der Waals surface area contributed by atoms with Crippen LogP contribution >= 0.6 is 0 Å². The maximum atomic E-state index is 5.37. The molecule has 1 aromatic carbocycles. The summed E-state index contributed by atoms with van der Waals surface area (Å²) < 4.78 is 10.7. The van der Waals surface area contributed by atoms with Crippen LogP contribution < -0.4 is 14.8 Å². The first-order chi connectivity index (χ1) is 14.3. The molecule has 0 bridgehead atoms. The predicted octanol–water partition coefficient (Wildman–Crippen LogP) is 3.56. The summed E-state index contributed by atoms with van der Waals surface area (Å²) in [5.41, 5.74) is 2.77. The Labute approximate surface area is 168 Å². The summed E-state index contributed by atoms with van der Waals surface area (Å²) >= 11 is 0. The fourth-order valence-electron chi connectivity index (χ4n) is 2.91. The van der Waals surface area contributed by atoms with Gasteiger partial charge < -0.3 is 14.8 Å². The number of methoxy groups -OCH3 is 2. The highest BCUT2D eigenvalue weighted by Crippen LogP contribution is 2.32. The van der Waals surface area contributed by atoms with Gasteiger partial charge in [-0.15, -0.1) is 0 Å². The summed E-state index contributed by atoms with van der Waals surface area (Å²) in [5.74, 6) is 3.18. The summed E-state index contributed by atoms with van der Waals surface area (Å²) in [6, 6.07) is 13.3. The van der Waals surface area contributed by atoms with Crippen LogP contribution in [0.15, 0.2) is 61.1 Å². The van der Waals surface area contributed by atoms with Gasteiger partial charge in [0.15, 0.2) is 23.1 Å². The Kier molecular flexibility index (Phi) is 5.33. The number of aromatic nitrogens is 5. The lowest BCUT2D eigenvalue weighted by Crippen LogP contribution is -2.03. The van der Waals surface area contributed by atoms with Gasteiger partial charge in [0.2, 0.25) is 0 Å². The molecule has 3 aromatic heterocycles. The van der Waals surface area contributed by atoms with Gasteiger partial charge in [0, 0.05) is 30.7 Å². The molecule has 0 aliphatic rings. The van der Waals surface area contributed by atoms with Crippen LogP contribution in [0.25, 0.3) is 22.8 Å². The van der Waals surface area contributed by atoms with E-state index in [0.717, 1.165) is 22.5 Å². The number of nitrogens with one attached hydrogen (secondary N) is 2. The van der Waals surface area contributed by atoms with Crippen molar-refractivity contribution in [1.29, 1.82) is 0 Å². The molecule has 0 aliphatic carbocycles. The first-order valence-corrected chi connectivity index (χ1v) is 9.01. The molecule has 2 N–H and O–H groups in total. The smallest absolute Gasteiger partial charge is 0.181 e. The molecule has 0 radical (unpaired) electrons. The molecule has 0 saturated heterocycles. The molecule has 0 spiro atoms. The standard InChI is InChI=1S/C21H20N6O2/c1-28-17-6-5-15(12-18(17)29-2)19-25-21(27-26-19)16-4-3-9-23-20(16)24-13-14-7-10-22-11-8-14/h3-12H,13H2,1-2H3,(H,23,24)(H,25,26,27). The molecule has 4 rings (SSSR count). The van der Waals surface area contributed by atoms with Crippen molar-refractivity contribution in [3.05, 3.63) is 66.6 Å². The molecule has 8 nitrogen and oxygen atoms in total. The van der Waals surface area contributed by atoms with Gasteiger partial charge in [-0.1, -0.05) is 0 Å². The summed E-state index contributed by atoms with van der Waals surface area (Å²) in [4.78, 5) is 13.1. The normalized spacial score (nSPS) is 10.6. The number of H-pyrrole nitrogens is 1. The molecule has 0 fully saturated rings. The number of pyridine rings is 2. The Balaban J connectivity index is 1.60. The third-order valence-corrected chi connectivity index (χ3v) is 4.40. The fourth-order valence-corrected chi connectivity index (χ4v) is 2.91. The summed E-state index contributed by atoms with van der Waals surface area (Å²) in [7, 11) is 3.20. The second-order valence-corrected chi connectivity index (χ2v) is 6.19. The Hall–Kier alpha value is -3.94. The predicted molar refractivity (Wildman–Crippen MR) is 110 cm³/mol. The van der Waals surface area contributed by atoms with E-state index in [1.54, 1.807) is 32.8 Å². The zero-order chi connectivity index (χ0) is 20.1. The van der Waals surface area contributed by atoms with Gasteiger partial charge in [-0.2, -0.15) is 5.10 Å². The van der Waals surface area contributed by atoms with Crippen LogP contribution in [0.1, 0.15) is 5.56 Å². The highest BCUT2D eigenvalue weighted by molar-refractivity contribution is 5.71. The maximum absolute atomic E-state index is 5.37. The highest BCUT2D eigenvalue weighted by Gasteiger charge is 2.14. The minimum atomic E-state index is 0.560. The van der Waals surface area contributed by atoms with Crippen molar-refractivity contribution >= 4 is 5.82 Å². The van der Waals surface area contributed by atoms with E-state index in [1.165, 1.54) is 0 Å². The number of hydrogen-bond donors (Lipinski definition) is 2. The molecule has 146 valence electrons. The second kappa shape index (κ2) is 8.39. The Morgan fingerprint density at radius 1 is 0.966 bits per heavy atom. The van der Waals surface area contributed by atoms with E-state index >= 15 is 0 Å². The maximum Gasteiger partial charge on any atom is 0.181 e. The van der Waals surface area contributed by atoms with Gasteiger partial charge in [0.25, 0.3) is 0 Å². The second-order valence-electron chi connectivity index (χ2n) is 6.19. The molecular weight excluding hydrogens is 368 g/mol. The SMILES string of the molecule is COc1ccc(-c2n[nH]c(-c3cccnc3NCc3ccncc3)n2)cc1OC. The number of rotatable bonds is 7. The average Bonchev–Trinajstić information content (AvgIpc) is 3.28. The molecule has 0 aliphatic heterocycles. The summed E-state index contributed by atoms with van der Waals surface area (Å²) in [5, 5.41) is 10.7. The van der Waals surface area contributed by atoms with Crippen LogP contribution in [0, 0.1) is 0 Å². The molecule has 8 heteroatoms. The summed E-state index contributed by atoms with van der Waals surface area (Å²) in [6.45, 7) is 0.628. The number of anilines is 1. The van der Waals surface area contributed by atoms with E-state index < -0.39 is 0 Å². The van der Waals surface area contributed by atoms with Crippen LogP contribution in [0.2, 0.25) is 0 Å². The van der Waals surface area contributed by atoms with Crippen molar-refractivity contribution < 1.29 is 9.47 Å². The average molecular weight is 388 g/mol. The topological polar surface area (TPSA) is 97.8 Å². The monoisotopic (exact) mass is 388 g/mol. The lowest BCUT2D eigenvalue weighted by Gasteiger charge is -2.09. The quantitative estimate of drug-likeness (QED) is 0.499. The van der Waals surface area contributed by atoms with E-state index in [1.807, 2.05) is 42.5 Å². The van der Waals surface area contributed by atoms with Crippen LogP contribution in [-0.4, -0.2) is 39.4 Å². The van der Waals surface area contributed by atoms with E-state index in [4.69, 9.17) is 9.47 Å². The molecule has 0 amide bonds. The molecule has 3 heterocycles. The van der Waals surface area contributed by atoms with Crippen molar-refractivity contribution in [3.63, 3.8) is 0 Å². The number of nitrogens with zero attached hydrogens (tertiary/aromatic N) is 4. The van der Waals surface area contributed by atoms with Crippen LogP contribution in [0.4, 0.5) is 5.82 Å². The number of hydrogen-bond acceptors (Lipinski definition) is 7. The van der Waals surface area contributed by atoms with E-state index in [-0.39, 0.29) is 0 Å². The minimum Gasteiger partial charge on any atom is -0.493 e. The zero-order valence-electron chi connectivity index (χ0n) is 16.1. The minimum absolute atomic E-state index is 0.560. The van der Waals surface area contributed by atoms with Gasteiger partial charge in [-0.3, -0.25) is 10.1 Å². The first kappa shape index (κ1) is 18.4. The number of aromatic amines is 1. The van der Waals surface area contributed by atoms with Crippen molar-refractivity contribution in [2.24, 2.45) is 0 Å². The van der Waals surface area contributed by atoms with Crippen molar-refractivity contribution in [1.82, 2.24) is 25.1 Å². The third kappa shape index (κ3) is 4.01. The first-order valence-electron chi connectivity index (χ1n) is 9.01. The van der Waals surface area contributed by atoms with Gasteiger partial charge in [-0.05, 0) is 48.0 Å². The molecule has 0 unspecified atom stereocenters. The van der Waals surface area contributed by atoms with Crippen molar-refractivity contribution in [2.45, 2.75) is 6.54 Å². The Bertz CT molecular complexity index is 1100. The molecular formula is C21H20N6O2. The van der Waals surface area contributed by atoms with Crippen molar-refractivity contribution in [2.75, 3.05) is 19.5 Å². The van der Waals surface area contributed by atoms with Gasteiger partial charge in [0.1, 0.15) is 5.82 Å². The molecule has 0 atom stereocenters. The Morgan fingerprint density at radius 3 is 2.59 bits per heavy atom. The van der Waals surface area contributed by atoms with Gasteiger partial charge >= 0.3 is 0 Å². The fraction of sp³-hybridized carbons (Fsp3) is 0.143. The number of benzene rings is 1. The summed E-state index contributed by atoms with van der Waals surface area (Å²) in [6.07, 6.45) is 5.27. The van der Waals surface area contributed by atoms with Crippen LogP contribution in [-0.2, 0) is 6.54 Å². The van der Waals surface area contributed by atoms with E-state index in [0.29, 0.717) is 29.7 Å². The third-order valence-electron chi connectivity index (χ3n) is 4.40. The van der Waals surface area contributed by atoms with Gasteiger partial charge in [-0.25, -0.2) is 9.97 Å². The molecule has 0 saturated carbocycles. The van der Waals surface area contributed by atoms with E-state index in [9.17, 15) is 0 Å². The van der Waals surface area contributed by atoms with Crippen LogP contribution in [0.3, 0.4) is 0 Å². The largest absolute Gasteiger partial charge is 0.493 e. The Morgan fingerprint density at radius 2 is 1.79 bits per heavy atom. The van der Waals surface area contributed by atoms with E-state index in [2.05, 4.69) is 30.5 Å². The van der Waals surface area contributed by atoms with Gasteiger partial charge in [0.05, 0.1) is 19.8 Å².